The van der Waals surface area contributed by atoms with Crippen molar-refractivity contribution in [2.75, 3.05) is 10.8 Å². The zero-order valence-electron chi connectivity index (χ0n) is 24.6. The zero-order valence-corrected chi connectivity index (χ0v) is 25.4. The van der Waals surface area contributed by atoms with Gasteiger partial charge in [-0.3, -0.25) is 13.9 Å². The van der Waals surface area contributed by atoms with Gasteiger partial charge in [0, 0.05) is 12.6 Å². The topological polar surface area (TPSA) is 86.8 Å². The van der Waals surface area contributed by atoms with E-state index in [2.05, 4.69) is 5.32 Å². The summed E-state index contributed by atoms with van der Waals surface area (Å²) in [6.45, 7) is 12.9. The number of sulfonamides is 1. The smallest absolute Gasteiger partial charge is 0.264 e. The van der Waals surface area contributed by atoms with Crippen LogP contribution in [0.3, 0.4) is 0 Å². The van der Waals surface area contributed by atoms with Crippen molar-refractivity contribution in [1.82, 2.24) is 10.2 Å². The lowest BCUT2D eigenvalue weighted by Crippen LogP contribution is -2.53. The fourth-order valence-electron chi connectivity index (χ4n) is 4.55. The number of anilines is 1. The molecule has 0 saturated heterocycles. The molecule has 3 aromatic rings. The molecule has 3 aromatic carbocycles. The first-order chi connectivity index (χ1) is 18.8. The minimum Gasteiger partial charge on any atom is -0.352 e. The number of carbonyl (C=O) groups excluding carboxylic acids is 2. The molecule has 214 valence electrons. The first-order valence-electron chi connectivity index (χ1n) is 13.7. The molecule has 0 heterocycles. The molecular formula is C32H41N3O4S. The Balaban J connectivity index is 2.10. The van der Waals surface area contributed by atoms with Gasteiger partial charge in [-0.05, 0) is 82.9 Å². The minimum atomic E-state index is -4.10. The molecule has 1 N–H and O–H groups in total. The average Bonchev–Trinajstić information content (AvgIpc) is 2.89. The van der Waals surface area contributed by atoms with Gasteiger partial charge in [-0.2, -0.15) is 0 Å². The normalized spacial score (nSPS) is 12.2. The second kappa shape index (κ2) is 13.1. The van der Waals surface area contributed by atoms with Crippen LogP contribution in [0.1, 0.15) is 55.0 Å². The Kier molecular flexibility index (Phi) is 10.1. The maximum atomic E-state index is 14.2. The van der Waals surface area contributed by atoms with Crippen LogP contribution >= 0.6 is 0 Å². The third kappa shape index (κ3) is 7.30. The molecule has 7 nitrogen and oxygen atoms in total. The molecule has 0 radical (unpaired) electrons. The SMILES string of the molecule is CCC(C(=O)NC(C)C)N(Cc1ccc(C)cc1)C(=O)CN(c1cccc(C)c1C)S(=O)(=O)c1ccc(C)cc1. The summed E-state index contributed by atoms with van der Waals surface area (Å²) in [5.74, 6) is -0.722. The highest BCUT2D eigenvalue weighted by Crippen LogP contribution is 2.29. The number of aryl methyl sites for hydroxylation is 3. The second-order valence-electron chi connectivity index (χ2n) is 10.6. The lowest BCUT2D eigenvalue weighted by Gasteiger charge is -2.34. The Morgan fingerprint density at radius 3 is 1.98 bits per heavy atom. The van der Waals surface area contributed by atoms with E-state index in [1.807, 2.05) is 78.8 Å². The van der Waals surface area contributed by atoms with Gasteiger partial charge in [0.15, 0.2) is 0 Å². The van der Waals surface area contributed by atoms with Crippen molar-refractivity contribution in [3.05, 3.63) is 94.5 Å². The first kappa shape index (κ1) is 30.9. The summed E-state index contributed by atoms with van der Waals surface area (Å²) in [6, 6.07) is 18.9. The van der Waals surface area contributed by atoms with Crippen LogP contribution in [0.5, 0.6) is 0 Å². The van der Waals surface area contributed by atoms with Crippen LogP contribution in [-0.2, 0) is 26.2 Å². The van der Waals surface area contributed by atoms with Crippen molar-refractivity contribution in [3.63, 3.8) is 0 Å². The van der Waals surface area contributed by atoms with E-state index >= 15 is 0 Å². The van der Waals surface area contributed by atoms with E-state index in [1.54, 1.807) is 36.4 Å². The summed E-state index contributed by atoms with van der Waals surface area (Å²) in [5.41, 5.74) is 4.98. The van der Waals surface area contributed by atoms with Crippen molar-refractivity contribution < 1.29 is 18.0 Å². The van der Waals surface area contributed by atoms with Gasteiger partial charge < -0.3 is 10.2 Å². The van der Waals surface area contributed by atoms with Gasteiger partial charge >= 0.3 is 0 Å². The standard InChI is InChI=1S/C32H41N3O4S/c1-8-29(32(37)33-22(2)3)34(20-27-16-12-23(4)13-17-27)31(36)21-35(30-11-9-10-25(6)26(30)7)40(38,39)28-18-14-24(5)15-19-28/h9-19,22,29H,8,20-21H2,1-7H3,(H,33,37). The van der Waals surface area contributed by atoms with Crippen LogP contribution < -0.4 is 9.62 Å². The van der Waals surface area contributed by atoms with Crippen molar-refractivity contribution >= 4 is 27.5 Å². The molecule has 1 unspecified atom stereocenters. The highest BCUT2D eigenvalue weighted by atomic mass is 32.2. The predicted molar refractivity (Wildman–Crippen MR) is 161 cm³/mol. The highest BCUT2D eigenvalue weighted by molar-refractivity contribution is 7.92. The Labute approximate surface area is 239 Å². The molecule has 0 bridgehead atoms. The number of nitrogens with zero attached hydrogens (tertiary/aromatic N) is 2. The third-order valence-corrected chi connectivity index (χ3v) is 8.80. The van der Waals surface area contributed by atoms with Gasteiger partial charge in [0.05, 0.1) is 10.6 Å². The van der Waals surface area contributed by atoms with E-state index < -0.39 is 28.5 Å². The molecule has 0 spiro atoms. The number of benzene rings is 3. The largest absolute Gasteiger partial charge is 0.352 e. The average molecular weight is 564 g/mol. The van der Waals surface area contributed by atoms with Crippen LogP contribution in [0.4, 0.5) is 5.69 Å². The molecule has 0 aromatic heterocycles. The molecule has 0 aliphatic rings. The van der Waals surface area contributed by atoms with Crippen molar-refractivity contribution in [2.45, 2.75) is 78.4 Å². The molecule has 0 aliphatic carbocycles. The first-order valence-corrected chi connectivity index (χ1v) is 15.1. The molecule has 3 rings (SSSR count). The van der Waals surface area contributed by atoms with E-state index in [4.69, 9.17) is 0 Å². The van der Waals surface area contributed by atoms with Crippen LogP contribution in [-0.4, -0.2) is 43.8 Å². The highest BCUT2D eigenvalue weighted by Gasteiger charge is 2.34. The molecule has 1 atom stereocenters. The Bertz CT molecular complexity index is 1430. The van der Waals surface area contributed by atoms with E-state index in [1.165, 1.54) is 9.21 Å². The fraction of sp³-hybridized carbons (Fsp3) is 0.375. The number of hydrogen-bond acceptors (Lipinski definition) is 4. The molecule has 40 heavy (non-hydrogen) atoms. The quantitative estimate of drug-likeness (QED) is 0.336. The zero-order chi connectivity index (χ0) is 29.6. The van der Waals surface area contributed by atoms with E-state index in [0.717, 1.165) is 27.8 Å². The summed E-state index contributed by atoms with van der Waals surface area (Å²) < 4.78 is 29.3. The fourth-order valence-corrected chi connectivity index (χ4v) is 6.02. The molecule has 0 aliphatic heterocycles. The van der Waals surface area contributed by atoms with Crippen LogP contribution in [0.15, 0.2) is 71.6 Å². The van der Waals surface area contributed by atoms with Crippen molar-refractivity contribution in [2.24, 2.45) is 0 Å². The summed E-state index contributed by atoms with van der Waals surface area (Å²) in [6.07, 6.45) is 0.379. The monoisotopic (exact) mass is 563 g/mol. The van der Waals surface area contributed by atoms with Crippen LogP contribution in [0, 0.1) is 27.7 Å². The number of hydrogen-bond donors (Lipinski definition) is 1. The lowest BCUT2D eigenvalue weighted by atomic mass is 10.1. The van der Waals surface area contributed by atoms with E-state index in [0.29, 0.717) is 12.1 Å². The Hall–Kier alpha value is -3.65. The van der Waals surface area contributed by atoms with E-state index in [-0.39, 0.29) is 23.4 Å². The molecular weight excluding hydrogens is 522 g/mol. The molecule has 0 saturated carbocycles. The summed E-state index contributed by atoms with van der Waals surface area (Å²) in [4.78, 5) is 29.0. The predicted octanol–water partition coefficient (Wildman–Crippen LogP) is 5.45. The summed E-state index contributed by atoms with van der Waals surface area (Å²) in [7, 11) is -4.10. The summed E-state index contributed by atoms with van der Waals surface area (Å²) in [5, 5.41) is 2.92. The van der Waals surface area contributed by atoms with Gasteiger partial charge in [-0.25, -0.2) is 8.42 Å². The number of nitrogens with one attached hydrogen (secondary N) is 1. The van der Waals surface area contributed by atoms with Crippen LogP contribution in [0.25, 0.3) is 0 Å². The number of amides is 2. The third-order valence-electron chi connectivity index (χ3n) is 7.02. The number of carbonyl (C=O) groups is 2. The maximum Gasteiger partial charge on any atom is 0.264 e. The van der Waals surface area contributed by atoms with Crippen molar-refractivity contribution in [3.8, 4) is 0 Å². The molecule has 2 amide bonds. The van der Waals surface area contributed by atoms with Gasteiger partial charge in [0.2, 0.25) is 11.8 Å². The van der Waals surface area contributed by atoms with Crippen LogP contribution in [0.2, 0.25) is 0 Å². The molecule has 0 fully saturated rings. The lowest BCUT2D eigenvalue weighted by molar-refractivity contribution is -0.140. The maximum absolute atomic E-state index is 14.2. The van der Waals surface area contributed by atoms with Gasteiger partial charge in [0.25, 0.3) is 10.0 Å². The van der Waals surface area contributed by atoms with Gasteiger partial charge in [-0.1, -0.05) is 66.6 Å². The van der Waals surface area contributed by atoms with Gasteiger partial charge in [0.1, 0.15) is 12.6 Å². The number of rotatable bonds is 11. The van der Waals surface area contributed by atoms with Crippen molar-refractivity contribution in [1.29, 1.82) is 0 Å². The van der Waals surface area contributed by atoms with E-state index in [9.17, 15) is 18.0 Å². The molecule has 8 heteroatoms. The summed E-state index contributed by atoms with van der Waals surface area (Å²) >= 11 is 0. The van der Waals surface area contributed by atoms with Gasteiger partial charge in [-0.15, -0.1) is 0 Å². The Morgan fingerprint density at radius 2 is 1.43 bits per heavy atom. The second-order valence-corrected chi connectivity index (χ2v) is 12.5. The Morgan fingerprint density at radius 1 is 0.850 bits per heavy atom. The minimum absolute atomic E-state index is 0.0986.